The molecule has 0 atom stereocenters. The van der Waals surface area contributed by atoms with Crippen molar-refractivity contribution in [2.75, 3.05) is 31.2 Å². The molecule has 1 amide bonds. The van der Waals surface area contributed by atoms with E-state index in [1.54, 1.807) is 11.8 Å². The Bertz CT molecular complexity index is 1310. The third-order valence-electron chi connectivity index (χ3n) is 6.85. The van der Waals surface area contributed by atoms with Gasteiger partial charge in [-0.1, -0.05) is 28.4 Å². The second-order valence-electron chi connectivity index (χ2n) is 8.74. The molecule has 2 aliphatic rings. The second kappa shape index (κ2) is 9.20. The molecule has 0 unspecified atom stereocenters. The lowest BCUT2D eigenvalue weighted by molar-refractivity contribution is 0.0727. The zero-order valence-corrected chi connectivity index (χ0v) is 20.6. The second-order valence-corrected chi connectivity index (χ2v) is 9.53. The number of benzene rings is 1. The van der Waals surface area contributed by atoms with Gasteiger partial charge in [-0.2, -0.15) is 0 Å². The smallest absolute Gasteiger partial charge is 0.256 e. The van der Waals surface area contributed by atoms with Gasteiger partial charge in [-0.15, -0.1) is 5.10 Å². The standard InChI is InChI=1S/C23H26Cl2N6O3/c1-3-31(13-5-8-34-9-6-13)17-10-16(24)14-4-7-30(23(33)18(14)19(17)25)11-15-21-20(27-29-28-21)12(2)26-22(15)32/h10,13H,3-9,11H2,1-2H3,(H,26,32)(H,27,28,29). The summed E-state index contributed by atoms with van der Waals surface area (Å²) in [5.74, 6) is -0.241. The van der Waals surface area contributed by atoms with Gasteiger partial charge < -0.3 is 19.5 Å². The zero-order valence-electron chi connectivity index (χ0n) is 19.1. The van der Waals surface area contributed by atoms with Crippen LogP contribution in [0, 0.1) is 6.92 Å². The first-order chi connectivity index (χ1) is 16.4. The van der Waals surface area contributed by atoms with E-state index in [2.05, 4.69) is 32.2 Å². The molecule has 0 radical (unpaired) electrons. The van der Waals surface area contributed by atoms with Crippen molar-refractivity contribution in [2.24, 2.45) is 0 Å². The minimum atomic E-state index is -0.285. The summed E-state index contributed by atoms with van der Waals surface area (Å²) < 4.78 is 5.52. The maximum atomic E-state index is 13.7. The van der Waals surface area contributed by atoms with Crippen molar-refractivity contribution >= 4 is 45.8 Å². The van der Waals surface area contributed by atoms with Crippen LogP contribution in [0.15, 0.2) is 10.9 Å². The summed E-state index contributed by atoms with van der Waals surface area (Å²) in [5.41, 5.74) is 3.81. The van der Waals surface area contributed by atoms with Gasteiger partial charge in [0.2, 0.25) is 0 Å². The number of aromatic nitrogens is 4. The number of H-pyrrole nitrogens is 2. The van der Waals surface area contributed by atoms with Crippen molar-refractivity contribution in [3.8, 4) is 0 Å². The van der Waals surface area contributed by atoms with E-state index < -0.39 is 0 Å². The van der Waals surface area contributed by atoms with Crippen molar-refractivity contribution in [2.45, 2.75) is 45.7 Å². The van der Waals surface area contributed by atoms with Crippen LogP contribution in [-0.2, 0) is 17.7 Å². The van der Waals surface area contributed by atoms with Gasteiger partial charge >= 0.3 is 0 Å². The number of hydrogen-bond donors (Lipinski definition) is 2. The average molecular weight is 505 g/mol. The maximum absolute atomic E-state index is 13.7. The fourth-order valence-electron chi connectivity index (χ4n) is 5.06. The monoisotopic (exact) mass is 504 g/mol. The van der Waals surface area contributed by atoms with Gasteiger partial charge in [0.05, 0.1) is 28.4 Å². The molecule has 1 saturated heterocycles. The predicted octanol–water partition coefficient (Wildman–Crippen LogP) is 3.47. The molecule has 9 nitrogen and oxygen atoms in total. The van der Waals surface area contributed by atoms with Gasteiger partial charge in [0.15, 0.2) is 0 Å². The summed E-state index contributed by atoms with van der Waals surface area (Å²) in [7, 11) is 0. The Kier molecular flexibility index (Phi) is 6.26. The molecule has 180 valence electrons. The lowest BCUT2D eigenvalue weighted by Gasteiger charge is -2.37. The number of ether oxygens (including phenoxy) is 1. The average Bonchev–Trinajstić information content (AvgIpc) is 3.32. The van der Waals surface area contributed by atoms with Gasteiger partial charge in [0, 0.05) is 43.1 Å². The van der Waals surface area contributed by atoms with Crippen LogP contribution in [0.1, 0.15) is 46.9 Å². The van der Waals surface area contributed by atoms with Crippen LogP contribution in [0.4, 0.5) is 5.69 Å². The van der Waals surface area contributed by atoms with E-state index in [-0.39, 0.29) is 24.1 Å². The highest BCUT2D eigenvalue weighted by Gasteiger charge is 2.33. The maximum Gasteiger partial charge on any atom is 0.256 e. The Morgan fingerprint density at radius 3 is 2.76 bits per heavy atom. The number of carbonyl (C=O) groups excluding carboxylic acids is 1. The molecule has 0 saturated carbocycles. The van der Waals surface area contributed by atoms with Crippen LogP contribution in [-0.4, -0.2) is 63.5 Å². The zero-order chi connectivity index (χ0) is 24.0. The molecule has 5 rings (SSSR count). The number of anilines is 1. The van der Waals surface area contributed by atoms with Crippen molar-refractivity contribution in [3.63, 3.8) is 0 Å². The topological polar surface area (TPSA) is 107 Å². The minimum absolute atomic E-state index is 0.104. The summed E-state index contributed by atoms with van der Waals surface area (Å²) in [4.78, 5) is 33.0. The summed E-state index contributed by atoms with van der Waals surface area (Å²) in [6.07, 6.45) is 2.33. The Morgan fingerprint density at radius 2 is 2.03 bits per heavy atom. The van der Waals surface area contributed by atoms with Crippen LogP contribution in [0.2, 0.25) is 10.0 Å². The third-order valence-corrected chi connectivity index (χ3v) is 7.57. The van der Waals surface area contributed by atoms with E-state index in [1.165, 1.54) is 0 Å². The molecule has 3 aromatic rings. The molecule has 2 aliphatic heterocycles. The van der Waals surface area contributed by atoms with E-state index in [9.17, 15) is 9.59 Å². The van der Waals surface area contributed by atoms with Crippen molar-refractivity contribution in [1.82, 2.24) is 25.3 Å². The lowest BCUT2D eigenvalue weighted by atomic mass is 9.96. The molecule has 2 aromatic heterocycles. The van der Waals surface area contributed by atoms with Crippen molar-refractivity contribution < 1.29 is 9.53 Å². The molecule has 0 aliphatic carbocycles. The van der Waals surface area contributed by atoms with Crippen LogP contribution in [0.25, 0.3) is 11.0 Å². The summed E-state index contributed by atoms with van der Waals surface area (Å²) >= 11 is 13.6. The quantitative estimate of drug-likeness (QED) is 0.550. The first kappa shape index (κ1) is 23.1. The van der Waals surface area contributed by atoms with E-state index in [0.717, 1.165) is 30.6 Å². The Morgan fingerprint density at radius 1 is 1.26 bits per heavy atom. The largest absolute Gasteiger partial charge is 0.381 e. The number of nitrogens with one attached hydrogen (secondary N) is 2. The van der Waals surface area contributed by atoms with Crippen LogP contribution in [0.5, 0.6) is 0 Å². The predicted molar refractivity (Wildman–Crippen MR) is 131 cm³/mol. The number of fused-ring (bicyclic) bond motifs is 2. The van der Waals surface area contributed by atoms with Crippen molar-refractivity contribution in [1.29, 1.82) is 0 Å². The number of nitrogens with zero attached hydrogens (tertiary/aromatic N) is 4. The summed E-state index contributed by atoms with van der Waals surface area (Å²) in [6, 6.07) is 2.15. The molecule has 11 heteroatoms. The Hall–Kier alpha value is -2.62. The highest BCUT2D eigenvalue weighted by atomic mass is 35.5. The normalized spacial score (nSPS) is 16.8. The van der Waals surface area contributed by atoms with Crippen molar-refractivity contribution in [3.05, 3.63) is 48.8 Å². The van der Waals surface area contributed by atoms with Gasteiger partial charge in [-0.25, -0.2) is 0 Å². The molecule has 1 fully saturated rings. The Labute approximate surface area is 206 Å². The summed E-state index contributed by atoms with van der Waals surface area (Å²) in [6.45, 7) is 6.51. The highest BCUT2D eigenvalue weighted by Crippen LogP contribution is 2.41. The fraction of sp³-hybridized carbons (Fsp3) is 0.478. The van der Waals surface area contributed by atoms with Gasteiger partial charge in [0.25, 0.3) is 11.5 Å². The van der Waals surface area contributed by atoms with Gasteiger partial charge in [-0.05, 0) is 44.7 Å². The first-order valence-electron chi connectivity index (χ1n) is 11.5. The van der Waals surface area contributed by atoms with Crippen LogP contribution >= 0.6 is 23.2 Å². The lowest BCUT2D eigenvalue weighted by Crippen LogP contribution is -2.41. The molecule has 0 spiro atoms. The Balaban J connectivity index is 1.52. The minimum Gasteiger partial charge on any atom is -0.381 e. The molecule has 1 aromatic carbocycles. The number of aryl methyl sites for hydroxylation is 1. The van der Waals surface area contributed by atoms with E-state index in [1.807, 2.05) is 6.07 Å². The van der Waals surface area contributed by atoms with Gasteiger partial charge in [0.1, 0.15) is 11.0 Å². The number of rotatable bonds is 5. The molecular formula is C23H26Cl2N6O3. The van der Waals surface area contributed by atoms with Crippen LogP contribution in [0.3, 0.4) is 0 Å². The van der Waals surface area contributed by atoms with E-state index in [0.29, 0.717) is 64.1 Å². The molecular weight excluding hydrogens is 479 g/mol. The number of carbonyl (C=O) groups is 1. The third kappa shape index (κ3) is 3.85. The number of amides is 1. The number of hydrogen-bond acceptors (Lipinski definition) is 6. The SMILES string of the molecule is CCN(c1cc(Cl)c2c(c1Cl)C(=O)N(Cc1c(=O)[nH]c(C)c3[nH]nnc13)CC2)C1CCOCC1. The molecule has 0 bridgehead atoms. The molecule has 34 heavy (non-hydrogen) atoms. The van der Waals surface area contributed by atoms with Crippen LogP contribution < -0.4 is 10.5 Å². The molecule has 4 heterocycles. The fourth-order valence-corrected chi connectivity index (χ4v) is 5.71. The van der Waals surface area contributed by atoms with E-state index >= 15 is 0 Å². The van der Waals surface area contributed by atoms with E-state index in [4.69, 9.17) is 27.9 Å². The number of aromatic amines is 2. The number of pyridine rings is 1. The summed E-state index contributed by atoms with van der Waals surface area (Å²) in [5, 5.41) is 11.7. The number of halogens is 2. The first-order valence-corrected chi connectivity index (χ1v) is 12.2. The van der Waals surface area contributed by atoms with Gasteiger partial charge in [-0.3, -0.25) is 14.7 Å². The molecule has 2 N–H and O–H groups in total. The highest BCUT2D eigenvalue weighted by molar-refractivity contribution is 6.39.